The minimum atomic E-state index is -1.17. The van der Waals surface area contributed by atoms with Gasteiger partial charge in [-0.05, 0) is 44.9 Å². The Morgan fingerprint density at radius 2 is 1.86 bits per heavy atom. The summed E-state index contributed by atoms with van der Waals surface area (Å²) in [5.74, 6) is -1.17. The van der Waals surface area contributed by atoms with E-state index in [-0.39, 0.29) is 6.42 Å². The van der Waals surface area contributed by atoms with E-state index in [0.717, 1.165) is 5.56 Å². The highest BCUT2D eigenvalue weighted by Crippen LogP contribution is 2.19. The van der Waals surface area contributed by atoms with Crippen LogP contribution in [-0.4, -0.2) is 28.8 Å². The summed E-state index contributed by atoms with van der Waals surface area (Å²) < 4.78 is 5.05. The van der Waals surface area contributed by atoms with Gasteiger partial charge in [-0.25, -0.2) is 9.59 Å². The van der Waals surface area contributed by atoms with Crippen molar-refractivity contribution in [2.75, 3.05) is 0 Å². The van der Waals surface area contributed by atoms with Crippen LogP contribution in [0.1, 0.15) is 38.8 Å². The number of halogens is 1. The topological polar surface area (TPSA) is 102 Å². The van der Waals surface area contributed by atoms with Crippen molar-refractivity contribution in [1.29, 1.82) is 0 Å². The molecule has 1 aromatic rings. The Morgan fingerprint density at radius 1 is 1.32 bits per heavy atom. The Kier molecular flexibility index (Phi) is 6.20. The fourth-order valence-corrected chi connectivity index (χ4v) is 1.90. The maximum absolute atomic E-state index is 11.7. The molecule has 0 aliphatic heterocycles. The first-order chi connectivity index (χ1) is 10.1. The third kappa shape index (κ3) is 6.32. The van der Waals surface area contributed by atoms with Crippen molar-refractivity contribution in [3.63, 3.8) is 0 Å². The number of nitrogens with two attached hydrogens (primary N) is 1. The van der Waals surface area contributed by atoms with E-state index in [1.165, 1.54) is 0 Å². The number of carboxylic acid groups (broad SMARTS) is 1. The first-order valence-corrected chi connectivity index (χ1v) is 7.19. The van der Waals surface area contributed by atoms with E-state index in [2.05, 4.69) is 5.32 Å². The number of aliphatic carboxylic acids is 1. The standard InChI is InChI=1S/C15H21ClN2O4/c1-15(2,3)22-14(21)18-12(13(19)20)8-11(17)9-4-6-10(16)7-5-9/h4-7,11-12H,8,17H2,1-3H3,(H,18,21)(H,19,20). The zero-order valence-corrected chi connectivity index (χ0v) is 13.6. The monoisotopic (exact) mass is 328 g/mol. The molecule has 0 heterocycles. The number of rotatable bonds is 5. The number of ether oxygens (including phenoxy) is 1. The van der Waals surface area contributed by atoms with Crippen molar-refractivity contribution >= 4 is 23.7 Å². The Hall–Kier alpha value is -1.79. The van der Waals surface area contributed by atoms with Crippen LogP contribution in [-0.2, 0) is 9.53 Å². The van der Waals surface area contributed by atoms with Crippen LogP contribution in [0.3, 0.4) is 0 Å². The second kappa shape index (κ2) is 7.47. The van der Waals surface area contributed by atoms with Gasteiger partial charge in [0.2, 0.25) is 0 Å². The molecule has 0 bridgehead atoms. The molecule has 7 heteroatoms. The number of carbonyl (C=O) groups is 2. The molecule has 122 valence electrons. The third-order valence-electron chi connectivity index (χ3n) is 2.78. The van der Waals surface area contributed by atoms with Gasteiger partial charge in [-0.3, -0.25) is 0 Å². The minimum Gasteiger partial charge on any atom is -0.480 e. The van der Waals surface area contributed by atoms with Gasteiger partial charge in [-0.2, -0.15) is 0 Å². The molecule has 2 atom stereocenters. The Labute approximate surface area is 134 Å². The van der Waals surface area contributed by atoms with E-state index >= 15 is 0 Å². The highest BCUT2D eigenvalue weighted by atomic mass is 35.5. The minimum absolute atomic E-state index is 0.0379. The predicted molar refractivity (Wildman–Crippen MR) is 83.8 cm³/mol. The zero-order valence-electron chi connectivity index (χ0n) is 12.8. The molecule has 0 spiro atoms. The maximum atomic E-state index is 11.7. The number of carboxylic acids is 1. The van der Waals surface area contributed by atoms with Gasteiger partial charge in [-0.15, -0.1) is 0 Å². The van der Waals surface area contributed by atoms with Crippen LogP contribution in [0.2, 0.25) is 5.02 Å². The van der Waals surface area contributed by atoms with Crippen molar-refractivity contribution in [2.45, 2.75) is 44.9 Å². The number of benzene rings is 1. The number of hydrogen-bond donors (Lipinski definition) is 3. The molecule has 0 aliphatic rings. The second-order valence-electron chi connectivity index (χ2n) is 5.93. The SMILES string of the molecule is CC(C)(C)OC(=O)NC(CC(N)c1ccc(Cl)cc1)C(=O)O. The van der Waals surface area contributed by atoms with Crippen molar-refractivity contribution in [2.24, 2.45) is 5.73 Å². The van der Waals surface area contributed by atoms with Crippen molar-refractivity contribution in [3.05, 3.63) is 34.9 Å². The lowest BCUT2D eigenvalue weighted by atomic mass is 10.0. The molecule has 4 N–H and O–H groups in total. The van der Waals surface area contributed by atoms with Crippen LogP contribution in [0, 0.1) is 0 Å². The molecule has 0 aromatic heterocycles. The molecule has 22 heavy (non-hydrogen) atoms. The highest BCUT2D eigenvalue weighted by molar-refractivity contribution is 6.30. The molecule has 1 rings (SSSR count). The number of amides is 1. The van der Waals surface area contributed by atoms with Gasteiger partial charge in [0.15, 0.2) is 0 Å². The molecule has 0 saturated heterocycles. The number of hydrogen-bond acceptors (Lipinski definition) is 4. The molecule has 2 unspecified atom stereocenters. The van der Waals surface area contributed by atoms with Gasteiger partial charge in [0.1, 0.15) is 11.6 Å². The van der Waals surface area contributed by atoms with Gasteiger partial charge < -0.3 is 20.9 Å². The summed E-state index contributed by atoms with van der Waals surface area (Å²) in [6.07, 6.45) is -0.751. The fourth-order valence-electron chi connectivity index (χ4n) is 1.77. The Balaban J connectivity index is 2.70. The lowest BCUT2D eigenvalue weighted by Crippen LogP contribution is -2.44. The van der Waals surface area contributed by atoms with Crippen molar-refractivity contribution in [3.8, 4) is 0 Å². The van der Waals surface area contributed by atoms with Crippen LogP contribution in [0.15, 0.2) is 24.3 Å². The quantitative estimate of drug-likeness (QED) is 0.771. The molecule has 1 aromatic carbocycles. The van der Waals surface area contributed by atoms with Crippen LogP contribution < -0.4 is 11.1 Å². The number of nitrogens with one attached hydrogen (secondary N) is 1. The molecular weight excluding hydrogens is 308 g/mol. The predicted octanol–water partition coefficient (Wildman–Crippen LogP) is 2.71. The normalized spacial score (nSPS) is 14.0. The summed E-state index contributed by atoms with van der Waals surface area (Å²) in [6, 6.07) is 5.11. The average molecular weight is 329 g/mol. The summed E-state index contributed by atoms with van der Waals surface area (Å²) in [7, 11) is 0. The molecule has 1 amide bonds. The number of carbonyl (C=O) groups excluding carboxylic acids is 1. The van der Waals surface area contributed by atoms with E-state index in [9.17, 15) is 14.7 Å². The molecule has 0 saturated carbocycles. The zero-order chi connectivity index (χ0) is 16.9. The molecule has 0 radical (unpaired) electrons. The van der Waals surface area contributed by atoms with Crippen molar-refractivity contribution < 1.29 is 19.4 Å². The van der Waals surface area contributed by atoms with Crippen LogP contribution in [0.5, 0.6) is 0 Å². The smallest absolute Gasteiger partial charge is 0.408 e. The molecule has 0 fully saturated rings. The van der Waals surface area contributed by atoms with Crippen molar-refractivity contribution in [1.82, 2.24) is 5.32 Å². The van der Waals surface area contributed by atoms with Crippen LogP contribution in [0.25, 0.3) is 0 Å². The summed E-state index contributed by atoms with van der Waals surface area (Å²) in [6.45, 7) is 5.09. The highest BCUT2D eigenvalue weighted by Gasteiger charge is 2.26. The first kappa shape index (κ1) is 18.3. The van der Waals surface area contributed by atoms with Gasteiger partial charge in [0.05, 0.1) is 0 Å². The summed E-state index contributed by atoms with van der Waals surface area (Å²) in [5.41, 5.74) is 6.02. The number of alkyl carbamates (subject to hydrolysis) is 1. The largest absolute Gasteiger partial charge is 0.480 e. The molecule has 6 nitrogen and oxygen atoms in total. The van der Waals surface area contributed by atoms with Gasteiger partial charge in [0.25, 0.3) is 0 Å². The summed E-state index contributed by atoms with van der Waals surface area (Å²) in [5, 5.41) is 12.1. The molecule has 0 aliphatic carbocycles. The van der Waals surface area contributed by atoms with Crippen LogP contribution in [0.4, 0.5) is 4.79 Å². The lowest BCUT2D eigenvalue weighted by Gasteiger charge is -2.23. The summed E-state index contributed by atoms with van der Waals surface area (Å²) >= 11 is 5.79. The third-order valence-corrected chi connectivity index (χ3v) is 3.03. The average Bonchev–Trinajstić information content (AvgIpc) is 2.36. The fraction of sp³-hybridized carbons (Fsp3) is 0.467. The van der Waals surface area contributed by atoms with Gasteiger partial charge in [-0.1, -0.05) is 23.7 Å². The maximum Gasteiger partial charge on any atom is 0.408 e. The van der Waals surface area contributed by atoms with E-state index < -0.39 is 29.7 Å². The summed E-state index contributed by atoms with van der Waals surface area (Å²) in [4.78, 5) is 23.0. The van der Waals surface area contributed by atoms with Gasteiger partial charge in [0, 0.05) is 11.1 Å². The van der Waals surface area contributed by atoms with E-state index in [4.69, 9.17) is 22.1 Å². The Morgan fingerprint density at radius 3 is 2.32 bits per heavy atom. The van der Waals surface area contributed by atoms with E-state index in [1.54, 1.807) is 45.0 Å². The lowest BCUT2D eigenvalue weighted by molar-refractivity contribution is -0.139. The Bertz CT molecular complexity index is 525. The van der Waals surface area contributed by atoms with E-state index in [1.807, 2.05) is 0 Å². The first-order valence-electron chi connectivity index (χ1n) is 6.82. The second-order valence-corrected chi connectivity index (χ2v) is 6.37. The van der Waals surface area contributed by atoms with Gasteiger partial charge >= 0.3 is 12.1 Å². The van der Waals surface area contributed by atoms with Crippen LogP contribution >= 0.6 is 11.6 Å². The molecular formula is C15H21ClN2O4. The van der Waals surface area contributed by atoms with E-state index in [0.29, 0.717) is 5.02 Å².